The number of aromatic nitrogens is 2. The van der Waals surface area contributed by atoms with E-state index in [-0.39, 0.29) is 11.8 Å². The van der Waals surface area contributed by atoms with E-state index in [1.54, 1.807) is 21.7 Å². The van der Waals surface area contributed by atoms with Gasteiger partial charge in [-0.25, -0.2) is 0 Å². The number of carbonyl (C=O) groups is 1. The third-order valence-electron chi connectivity index (χ3n) is 4.81. The molecule has 1 aliphatic heterocycles. The number of amides is 1. The van der Waals surface area contributed by atoms with Gasteiger partial charge in [-0.1, -0.05) is 23.5 Å². The lowest BCUT2D eigenvalue weighted by molar-refractivity contribution is -0.111. The average Bonchev–Trinajstić information content (AvgIpc) is 3.15. The van der Waals surface area contributed by atoms with Crippen LogP contribution in [0.25, 0.3) is 0 Å². The molecule has 3 aromatic rings. The van der Waals surface area contributed by atoms with Crippen LogP contribution < -0.4 is 4.90 Å². The maximum absolute atomic E-state index is 12.9. The minimum Gasteiger partial charge on any atom is -0.272 e. The van der Waals surface area contributed by atoms with Crippen molar-refractivity contribution in [3.63, 3.8) is 0 Å². The van der Waals surface area contributed by atoms with Crippen LogP contribution in [-0.2, 0) is 11.2 Å². The Bertz CT molecular complexity index is 990. The summed E-state index contributed by atoms with van der Waals surface area (Å²) in [5.74, 6) is 0.0320. The highest BCUT2D eigenvalue weighted by molar-refractivity contribution is 7.13. The minimum absolute atomic E-state index is 0.0581. The molecule has 1 fully saturated rings. The van der Waals surface area contributed by atoms with E-state index in [0.717, 1.165) is 16.0 Å². The maximum atomic E-state index is 12.9. The Balaban J connectivity index is 1.70. The predicted molar refractivity (Wildman–Crippen MR) is 91.1 cm³/mol. The molecule has 2 aliphatic rings. The molecule has 0 unspecified atom stereocenters. The predicted octanol–water partition coefficient (Wildman–Crippen LogP) is 2.94. The van der Waals surface area contributed by atoms with Gasteiger partial charge in [0.05, 0.1) is 17.6 Å². The third-order valence-corrected chi connectivity index (χ3v) is 6.43. The molecule has 0 bridgehead atoms. The number of hydrogen-bond donors (Lipinski definition) is 0. The van der Waals surface area contributed by atoms with E-state index in [1.165, 1.54) is 11.3 Å². The van der Waals surface area contributed by atoms with E-state index in [0.29, 0.717) is 17.1 Å². The van der Waals surface area contributed by atoms with Gasteiger partial charge in [0, 0.05) is 11.3 Å². The lowest BCUT2D eigenvalue weighted by atomic mass is 9.90. The first-order valence-corrected chi connectivity index (χ1v) is 9.19. The number of hydrogen-bond acceptors (Lipinski definition) is 6. The van der Waals surface area contributed by atoms with Crippen LogP contribution in [0.1, 0.15) is 27.5 Å². The number of thiophene rings is 1. The molecule has 1 aromatic carbocycles. The first-order valence-electron chi connectivity index (χ1n) is 7.43. The standard InChI is InChI=1S/C17H10N4OS2/c18-8-10-3-4-11-7-17(15(22)21(17)16-20-19-9-24-16)14(12(11)6-10)13-2-1-5-23-13/h1-6,9,14H,7H2/t14-,17+,21?/m1/s1. The molecule has 1 spiro atoms. The normalized spacial score (nSPS) is 24.2. The van der Waals surface area contributed by atoms with E-state index < -0.39 is 5.54 Å². The summed E-state index contributed by atoms with van der Waals surface area (Å²) in [6, 6.07) is 12.0. The summed E-state index contributed by atoms with van der Waals surface area (Å²) in [5, 5.41) is 19.9. The summed E-state index contributed by atoms with van der Waals surface area (Å²) in [4.78, 5) is 15.8. The van der Waals surface area contributed by atoms with Crippen molar-refractivity contribution in [3.05, 3.63) is 62.8 Å². The number of nitrogens with zero attached hydrogens (tertiary/aromatic N) is 4. The van der Waals surface area contributed by atoms with Crippen molar-refractivity contribution in [3.8, 4) is 6.07 Å². The van der Waals surface area contributed by atoms with Gasteiger partial charge in [0.15, 0.2) is 0 Å². The number of rotatable bonds is 2. The summed E-state index contributed by atoms with van der Waals surface area (Å²) in [7, 11) is 0. The Hall–Kier alpha value is -2.56. The summed E-state index contributed by atoms with van der Waals surface area (Å²) in [6.07, 6.45) is 0.648. The molecule has 3 heterocycles. The second-order valence-corrected chi connectivity index (χ2v) is 7.73. The smallest absolute Gasteiger partial charge is 0.257 e. The van der Waals surface area contributed by atoms with Crippen molar-refractivity contribution in [2.45, 2.75) is 17.9 Å². The Morgan fingerprint density at radius 1 is 1.33 bits per heavy atom. The van der Waals surface area contributed by atoms with Gasteiger partial charge in [-0.05, 0) is 34.7 Å². The van der Waals surface area contributed by atoms with Crippen molar-refractivity contribution >= 4 is 33.7 Å². The highest BCUT2D eigenvalue weighted by Crippen LogP contribution is 2.59. The monoisotopic (exact) mass is 350 g/mol. The Morgan fingerprint density at radius 2 is 2.25 bits per heavy atom. The van der Waals surface area contributed by atoms with Crippen LogP contribution in [0.3, 0.4) is 0 Å². The molecular weight excluding hydrogens is 340 g/mol. The summed E-state index contributed by atoms with van der Waals surface area (Å²) in [5.41, 5.74) is 3.87. The van der Waals surface area contributed by atoms with E-state index in [1.807, 2.05) is 29.6 Å². The van der Waals surface area contributed by atoms with Crippen LogP contribution in [0, 0.1) is 11.3 Å². The van der Waals surface area contributed by atoms with E-state index >= 15 is 0 Å². The lowest BCUT2D eigenvalue weighted by Gasteiger charge is -2.17. The van der Waals surface area contributed by atoms with E-state index in [2.05, 4.69) is 22.3 Å². The van der Waals surface area contributed by atoms with Crippen molar-refractivity contribution in [2.75, 3.05) is 4.90 Å². The first kappa shape index (κ1) is 13.8. The zero-order valence-corrected chi connectivity index (χ0v) is 14.0. The van der Waals surface area contributed by atoms with Gasteiger partial charge < -0.3 is 0 Å². The van der Waals surface area contributed by atoms with Gasteiger partial charge in [-0.15, -0.1) is 21.5 Å². The van der Waals surface area contributed by atoms with Crippen LogP contribution in [0.4, 0.5) is 5.13 Å². The molecule has 2 atom stereocenters. The molecule has 116 valence electrons. The van der Waals surface area contributed by atoms with Gasteiger partial charge in [-0.2, -0.15) is 5.26 Å². The molecule has 1 saturated heterocycles. The molecule has 0 radical (unpaired) electrons. The number of nitriles is 1. The zero-order valence-electron chi connectivity index (χ0n) is 12.3. The van der Waals surface area contributed by atoms with Crippen LogP contribution in [0.2, 0.25) is 0 Å². The van der Waals surface area contributed by atoms with Crippen molar-refractivity contribution in [1.82, 2.24) is 10.2 Å². The van der Waals surface area contributed by atoms with Gasteiger partial charge in [0.2, 0.25) is 5.13 Å². The molecule has 2 aromatic heterocycles. The van der Waals surface area contributed by atoms with Crippen molar-refractivity contribution < 1.29 is 4.79 Å². The van der Waals surface area contributed by atoms with E-state index in [9.17, 15) is 10.1 Å². The Labute approximate surface area is 145 Å². The van der Waals surface area contributed by atoms with Crippen LogP contribution in [-0.4, -0.2) is 21.6 Å². The van der Waals surface area contributed by atoms with Crippen LogP contribution >= 0.6 is 22.7 Å². The number of fused-ring (bicyclic) bond motifs is 1. The second kappa shape index (κ2) is 4.72. The molecule has 0 N–H and O–H groups in total. The van der Waals surface area contributed by atoms with E-state index in [4.69, 9.17) is 0 Å². The van der Waals surface area contributed by atoms with Gasteiger partial charge in [0.1, 0.15) is 11.0 Å². The first-order chi connectivity index (χ1) is 11.8. The lowest BCUT2D eigenvalue weighted by Crippen LogP contribution is -2.25. The maximum Gasteiger partial charge on any atom is 0.257 e. The fraction of sp³-hybridized carbons (Fsp3) is 0.176. The largest absolute Gasteiger partial charge is 0.272 e. The molecule has 0 saturated carbocycles. The fourth-order valence-electron chi connectivity index (χ4n) is 3.79. The number of carbonyl (C=O) groups excluding carboxylic acids is 1. The van der Waals surface area contributed by atoms with Crippen molar-refractivity contribution in [1.29, 1.82) is 5.26 Å². The molecule has 1 aliphatic carbocycles. The summed E-state index contributed by atoms with van der Waals surface area (Å²) in [6.45, 7) is 0. The number of benzene rings is 1. The molecule has 5 rings (SSSR count). The fourth-order valence-corrected chi connectivity index (χ4v) is 5.35. The molecule has 7 heteroatoms. The topological polar surface area (TPSA) is 69.7 Å². The highest BCUT2D eigenvalue weighted by atomic mass is 32.1. The summed E-state index contributed by atoms with van der Waals surface area (Å²) < 4.78 is 0. The highest BCUT2D eigenvalue weighted by Gasteiger charge is 2.72. The van der Waals surface area contributed by atoms with Gasteiger partial charge in [-0.3, -0.25) is 9.69 Å². The van der Waals surface area contributed by atoms with Gasteiger partial charge >= 0.3 is 0 Å². The SMILES string of the molecule is N#Cc1ccc2c(c1)[C@H](c1cccs1)[C@@]1(C2)C(=O)N1c1nncs1. The molecule has 5 nitrogen and oxygen atoms in total. The minimum atomic E-state index is -0.610. The second-order valence-electron chi connectivity index (χ2n) is 5.94. The van der Waals surface area contributed by atoms with Crippen LogP contribution in [0.15, 0.2) is 41.2 Å². The van der Waals surface area contributed by atoms with Crippen molar-refractivity contribution in [2.24, 2.45) is 0 Å². The average molecular weight is 350 g/mol. The molecular formula is C17H10N4OS2. The molecule has 24 heavy (non-hydrogen) atoms. The Morgan fingerprint density at radius 3 is 2.96 bits per heavy atom. The van der Waals surface area contributed by atoms with Gasteiger partial charge in [0.25, 0.3) is 5.91 Å². The Kier molecular flexibility index (Phi) is 2.72. The molecule has 1 amide bonds. The van der Waals surface area contributed by atoms with Crippen LogP contribution in [0.5, 0.6) is 0 Å². The zero-order chi connectivity index (χ0) is 16.3. The number of anilines is 1. The third kappa shape index (κ3) is 1.64. The quantitative estimate of drug-likeness (QED) is 0.666. The summed E-state index contributed by atoms with van der Waals surface area (Å²) >= 11 is 3.02.